The van der Waals surface area contributed by atoms with Crippen molar-refractivity contribution >= 4 is 63.9 Å². The summed E-state index contributed by atoms with van der Waals surface area (Å²) in [7, 11) is 1.81. The highest BCUT2D eigenvalue weighted by Gasteiger charge is 2.45. The molecule has 56 heavy (non-hydrogen) atoms. The van der Waals surface area contributed by atoms with Crippen LogP contribution in [0, 0.1) is 5.41 Å². The molecule has 0 bridgehead atoms. The molecule has 15 nitrogen and oxygen atoms in total. The van der Waals surface area contributed by atoms with E-state index in [0.717, 1.165) is 73.6 Å². The van der Waals surface area contributed by atoms with Crippen LogP contribution in [0.4, 0.5) is 27.7 Å². The largest absolute Gasteiger partial charge is 0.385 e. The van der Waals surface area contributed by atoms with E-state index in [-0.39, 0.29) is 35.9 Å². The molecule has 3 fully saturated rings. The predicted octanol–water partition coefficient (Wildman–Crippen LogP) is 4.46. The number of nitrogens with two attached hydrogens (primary N) is 1. The molecule has 286 valence electrons. The number of anilines is 4. The van der Waals surface area contributed by atoms with Crippen LogP contribution in [0.2, 0.25) is 5.02 Å². The van der Waals surface area contributed by atoms with Gasteiger partial charge in [-0.2, -0.15) is 0 Å². The van der Waals surface area contributed by atoms with E-state index in [0.29, 0.717) is 40.8 Å². The highest BCUT2D eigenvalue weighted by Crippen LogP contribution is 2.42. The fourth-order valence-corrected chi connectivity index (χ4v) is 8.75. The van der Waals surface area contributed by atoms with E-state index < -0.39 is 11.9 Å². The van der Waals surface area contributed by atoms with Crippen LogP contribution >= 0.6 is 11.6 Å². The number of fused-ring (bicyclic) bond motifs is 2. The number of piperidine rings is 1. The zero-order chi connectivity index (χ0) is 38.7. The molecule has 5 amide bonds. The summed E-state index contributed by atoms with van der Waals surface area (Å²) in [6.45, 7) is 5.07. The van der Waals surface area contributed by atoms with Crippen molar-refractivity contribution < 1.29 is 19.2 Å². The zero-order valence-corrected chi connectivity index (χ0v) is 31.6. The summed E-state index contributed by atoms with van der Waals surface area (Å²) in [6.07, 6.45) is 6.29. The number of nitrogens with zero attached hydrogens (tertiary/aromatic N) is 8. The lowest BCUT2D eigenvalue weighted by Crippen LogP contribution is -2.60. The van der Waals surface area contributed by atoms with Crippen molar-refractivity contribution in [3.05, 3.63) is 94.4 Å². The minimum Gasteiger partial charge on any atom is -0.385 e. The highest BCUT2D eigenvalue weighted by atomic mass is 35.5. The van der Waals surface area contributed by atoms with Gasteiger partial charge in [-0.25, -0.2) is 14.3 Å². The van der Waals surface area contributed by atoms with Gasteiger partial charge in [0, 0.05) is 88.4 Å². The van der Waals surface area contributed by atoms with Gasteiger partial charge in [-0.15, -0.1) is 5.10 Å². The minimum absolute atomic E-state index is 0.0814. The lowest BCUT2D eigenvalue weighted by molar-refractivity contribution is -0.120. The second-order valence-corrected chi connectivity index (χ2v) is 15.5. The SMILES string of the molecule is CNc1cc(N2CCc3cc(-c4ccc(CN5CC6(CCN(C(=O)c7ccc(Cl)c(N8CCC(=O)NC8=O)c7)CC6)C5)cn4)ccc32)nn2c(C(N)=O)cnc12. The van der Waals surface area contributed by atoms with Gasteiger partial charge in [0.05, 0.1) is 28.3 Å². The van der Waals surface area contributed by atoms with Crippen LogP contribution in [0.1, 0.15) is 51.2 Å². The summed E-state index contributed by atoms with van der Waals surface area (Å²) in [6, 6.07) is 17.0. The third-order valence-corrected chi connectivity index (χ3v) is 11.8. The Labute approximate surface area is 327 Å². The van der Waals surface area contributed by atoms with Crippen molar-refractivity contribution in [3.8, 4) is 11.3 Å². The molecule has 4 aliphatic rings. The number of likely N-dealkylation sites (tertiary alicyclic amines) is 2. The van der Waals surface area contributed by atoms with E-state index in [4.69, 9.17) is 27.4 Å². The van der Waals surface area contributed by atoms with E-state index in [2.05, 4.69) is 55.7 Å². The Bertz CT molecular complexity index is 2420. The summed E-state index contributed by atoms with van der Waals surface area (Å²) in [5.74, 6) is -0.298. The molecule has 0 radical (unpaired) electrons. The maximum absolute atomic E-state index is 13.5. The van der Waals surface area contributed by atoms with Gasteiger partial charge in [-0.1, -0.05) is 23.7 Å². The molecular weight excluding hydrogens is 734 g/mol. The molecule has 3 aromatic heterocycles. The van der Waals surface area contributed by atoms with Gasteiger partial charge < -0.3 is 20.9 Å². The molecule has 0 atom stereocenters. The molecule has 4 aliphatic heterocycles. The van der Waals surface area contributed by atoms with Gasteiger partial charge in [-0.3, -0.25) is 34.5 Å². The van der Waals surface area contributed by atoms with Crippen LogP contribution in [0.3, 0.4) is 0 Å². The third kappa shape index (κ3) is 6.35. The Balaban J connectivity index is 0.799. The maximum Gasteiger partial charge on any atom is 0.328 e. The first-order valence-electron chi connectivity index (χ1n) is 18.7. The Morgan fingerprint density at radius 3 is 2.45 bits per heavy atom. The van der Waals surface area contributed by atoms with Crippen LogP contribution in [0.5, 0.6) is 0 Å². The number of aromatic nitrogens is 4. The molecule has 3 saturated heterocycles. The van der Waals surface area contributed by atoms with Crippen LogP contribution in [0.25, 0.3) is 16.9 Å². The Morgan fingerprint density at radius 2 is 1.71 bits per heavy atom. The number of carbonyl (C=O) groups excluding carboxylic acids is 4. The number of carbonyl (C=O) groups is 4. The fourth-order valence-electron chi connectivity index (χ4n) is 8.53. The fraction of sp³-hybridized carbons (Fsp3) is 0.325. The van der Waals surface area contributed by atoms with Crippen LogP contribution in [-0.4, -0.2) is 99.5 Å². The molecule has 4 N–H and O–H groups in total. The van der Waals surface area contributed by atoms with Crippen LogP contribution in [-0.2, 0) is 17.8 Å². The highest BCUT2D eigenvalue weighted by molar-refractivity contribution is 6.34. The molecule has 7 heterocycles. The van der Waals surface area contributed by atoms with Gasteiger partial charge in [0.2, 0.25) is 5.91 Å². The van der Waals surface area contributed by atoms with Gasteiger partial charge in [0.1, 0.15) is 5.69 Å². The first kappa shape index (κ1) is 35.6. The Kier molecular flexibility index (Phi) is 8.85. The summed E-state index contributed by atoms with van der Waals surface area (Å²) in [5.41, 5.74) is 13.6. The summed E-state index contributed by atoms with van der Waals surface area (Å²) in [5, 5.41) is 10.5. The lowest BCUT2D eigenvalue weighted by atomic mass is 9.72. The van der Waals surface area contributed by atoms with Gasteiger partial charge >= 0.3 is 6.03 Å². The number of amides is 5. The van der Waals surface area contributed by atoms with Gasteiger partial charge in [0.15, 0.2) is 11.5 Å². The number of pyridine rings is 1. The number of hydrogen-bond acceptors (Lipinski definition) is 10. The molecule has 0 unspecified atom stereocenters. The molecule has 2 aromatic carbocycles. The first-order chi connectivity index (χ1) is 27.1. The van der Waals surface area contributed by atoms with E-state index in [1.54, 1.807) is 18.2 Å². The molecule has 5 aromatic rings. The minimum atomic E-state index is -0.588. The zero-order valence-electron chi connectivity index (χ0n) is 30.8. The van der Waals surface area contributed by atoms with Crippen LogP contribution < -0.4 is 26.2 Å². The first-order valence-corrected chi connectivity index (χ1v) is 19.1. The van der Waals surface area contributed by atoms with Crippen LogP contribution in [0.15, 0.2) is 67.0 Å². The molecule has 9 rings (SSSR count). The summed E-state index contributed by atoms with van der Waals surface area (Å²) < 4.78 is 1.50. The normalized spacial score (nSPS) is 17.9. The van der Waals surface area contributed by atoms with Crippen molar-refractivity contribution in [1.29, 1.82) is 0 Å². The maximum atomic E-state index is 13.5. The van der Waals surface area contributed by atoms with Gasteiger partial charge in [-0.05, 0) is 72.2 Å². The second-order valence-electron chi connectivity index (χ2n) is 15.1. The number of rotatable bonds is 8. The molecular formula is C40H40ClN11O4. The van der Waals surface area contributed by atoms with E-state index in [9.17, 15) is 19.2 Å². The average molecular weight is 774 g/mol. The van der Waals surface area contributed by atoms with Crippen molar-refractivity contribution in [1.82, 2.24) is 34.7 Å². The van der Waals surface area contributed by atoms with Crippen molar-refractivity contribution in [2.24, 2.45) is 11.1 Å². The second kappa shape index (κ2) is 13.9. The topological polar surface area (TPSA) is 174 Å². The van der Waals surface area contributed by atoms with E-state index in [1.807, 2.05) is 24.2 Å². The Morgan fingerprint density at radius 1 is 0.911 bits per heavy atom. The van der Waals surface area contributed by atoms with Crippen molar-refractivity contribution in [3.63, 3.8) is 0 Å². The number of urea groups is 1. The summed E-state index contributed by atoms with van der Waals surface area (Å²) >= 11 is 6.40. The molecule has 16 heteroatoms. The number of hydrogen-bond donors (Lipinski definition) is 3. The molecule has 0 saturated carbocycles. The number of halogens is 1. The van der Waals surface area contributed by atoms with E-state index in [1.165, 1.54) is 21.2 Å². The smallest absolute Gasteiger partial charge is 0.328 e. The summed E-state index contributed by atoms with van der Waals surface area (Å²) in [4.78, 5) is 66.6. The number of imide groups is 1. The van der Waals surface area contributed by atoms with Crippen molar-refractivity contribution in [2.45, 2.75) is 32.2 Å². The predicted molar refractivity (Wildman–Crippen MR) is 211 cm³/mol. The Hall–Kier alpha value is -6.06. The third-order valence-electron chi connectivity index (χ3n) is 11.5. The molecule has 0 aliphatic carbocycles. The lowest BCUT2D eigenvalue weighted by Gasteiger charge is -2.54. The molecule has 1 spiro atoms. The number of benzene rings is 2. The number of nitrogens with one attached hydrogen (secondary N) is 2. The average Bonchev–Trinajstić information content (AvgIpc) is 3.82. The standard InChI is InChI=1S/C40H40ClN11O4/c1-43-30-18-34(47-52-33(36(42)54)20-45-37(30)52)50-12-8-26-16-25(4-7-31(26)50)29-6-2-24(19-44-29)21-48-22-40(23-48)10-14-49(15-11-40)38(55)27-3-5-28(41)32(17-27)51-13-9-35(53)46-39(51)56/h2-7,16-20,43H,8-15,21-23H2,1H3,(H2,42,54)(H,46,53,56). The monoisotopic (exact) mass is 773 g/mol. The van der Waals surface area contributed by atoms with Gasteiger partial charge in [0.25, 0.3) is 11.8 Å². The quantitative estimate of drug-likeness (QED) is 0.204. The van der Waals surface area contributed by atoms with Crippen molar-refractivity contribution in [2.75, 3.05) is 61.4 Å². The van der Waals surface area contributed by atoms with E-state index >= 15 is 0 Å². The number of primary amides is 1. The number of imidazole rings is 1.